The van der Waals surface area contributed by atoms with Crippen LogP contribution in [0, 0.1) is 24.2 Å². The summed E-state index contributed by atoms with van der Waals surface area (Å²) in [4.78, 5) is 2.57. The lowest BCUT2D eigenvalue weighted by molar-refractivity contribution is 0.117. The van der Waals surface area contributed by atoms with Gasteiger partial charge in [-0.25, -0.2) is 0 Å². The van der Waals surface area contributed by atoms with Crippen molar-refractivity contribution in [3.05, 3.63) is 34.9 Å². The molecule has 0 amide bonds. The van der Waals surface area contributed by atoms with Gasteiger partial charge in [-0.05, 0) is 55.9 Å². The Kier molecular flexibility index (Phi) is 4.04. The topological polar surface area (TPSA) is 27.0 Å². The molecule has 1 aliphatic heterocycles. The molecule has 0 spiro atoms. The number of piperidine rings is 1. The van der Waals surface area contributed by atoms with E-state index in [0.717, 1.165) is 18.0 Å². The lowest BCUT2D eigenvalue weighted by Gasteiger charge is -2.37. The third-order valence-electron chi connectivity index (χ3n) is 4.09. The number of likely N-dealkylation sites (tertiary alicyclic amines) is 1. The van der Waals surface area contributed by atoms with Crippen molar-refractivity contribution < 1.29 is 0 Å². The number of rotatable bonds is 2. The van der Waals surface area contributed by atoms with Gasteiger partial charge in [0.25, 0.3) is 0 Å². The van der Waals surface area contributed by atoms with Gasteiger partial charge in [0.15, 0.2) is 0 Å². The first-order chi connectivity index (χ1) is 8.60. The number of hydrogen-bond donors (Lipinski definition) is 0. The van der Waals surface area contributed by atoms with E-state index >= 15 is 0 Å². The second-order valence-corrected chi connectivity index (χ2v) is 5.71. The molecule has 0 bridgehead atoms. The molecule has 1 heterocycles. The molecule has 2 atom stereocenters. The zero-order valence-corrected chi connectivity index (χ0v) is 11.6. The summed E-state index contributed by atoms with van der Waals surface area (Å²) < 4.78 is 0. The molecule has 0 N–H and O–H groups in total. The maximum absolute atomic E-state index is 8.89. The van der Waals surface area contributed by atoms with Crippen LogP contribution in [0.3, 0.4) is 0 Å². The summed E-state index contributed by atoms with van der Waals surface area (Å²) in [5, 5.41) is 8.89. The minimum absolute atomic E-state index is 0.677. The van der Waals surface area contributed by atoms with E-state index in [4.69, 9.17) is 5.26 Å². The average molecular weight is 242 g/mol. The second-order valence-electron chi connectivity index (χ2n) is 5.71. The number of nitrogens with zero attached hydrogens (tertiary/aromatic N) is 2. The van der Waals surface area contributed by atoms with Gasteiger partial charge in [0.1, 0.15) is 0 Å². The summed E-state index contributed by atoms with van der Waals surface area (Å²) in [6.07, 6.45) is 2.65. The summed E-state index contributed by atoms with van der Waals surface area (Å²) >= 11 is 0. The van der Waals surface area contributed by atoms with Gasteiger partial charge in [-0.3, -0.25) is 4.90 Å². The van der Waals surface area contributed by atoms with Crippen molar-refractivity contribution in [2.75, 3.05) is 6.54 Å². The predicted molar refractivity (Wildman–Crippen MR) is 74.2 cm³/mol. The lowest BCUT2D eigenvalue weighted by Crippen LogP contribution is -2.40. The zero-order chi connectivity index (χ0) is 13.1. The summed E-state index contributed by atoms with van der Waals surface area (Å²) in [6, 6.07) is 8.91. The average Bonchev–Trinajstić information content (AvgIpc) is 2.36. The van der Waals surface area contributed by atoms with Crippen LogP contribution in [-0.2, 0) is 6.54 Å². The van der Waals surface area contributed by atoms with Gasteiger partial charge < -0.3 is 0 Å². The Morgan fingerprint density at radius 3 is 2.78 bits per heavy atom. The molecular weight excluding hydrogens is 220 g/mol. The number of aryl methyl sites for hydroxylation is 1. The summed E-state index contributed by atoms with van der Waals surface area (Å²) in [5.41, 5.74) is 3.35. The molecule has 2 rings (SSSR count). The summed E-state index contributed by atoms with van der Waals surface area (Å²) in [5.74, 6) is 0.805. The molecule has 18 heavy (non-hydrogen) atoms. The van der Waals surface area contributed by atoms with Gasteiger partial charge in [-0.15, -0.1) is 0 Å². The fourth-order valence-electron chi connectivity index (χ4n) is 2.76. The molecule has 1 aromatic carbocycles. The maximum atomic E-state index is 8.89. The van der Waals surface area contributed by atoms with E-state index in [-0.39, 0.29) is 0 Å². The summed E-state index contributed by atoms with van der Waals surface area (Å²) in [7, 11) is 0. The standard InChI is InChI=1S/C16H22N2/c1-12-4-5-14(3)18(10-12)11-16-7-6-15(9-17)8-13(16)2/h6-8,12,14H,4-5,10-11H2,1-3H3. The van der Waals surface area contributed by atoms with E-state index in [9.17, 15) is 0 Å². The molecule has 1 saturated heterocycles. The van der Waals surface area contributed by atoms with E-state index in [1.807, 2.05) is 12.1 Å². The van der Waals surface area contributed by atoms with Crippen LogP contribution in [0.4, 0.5) is 0 Å². The first kappa shape index (κ1) is 13.1. The van der Waals surface area contributed by atoms with E-state index < -0.39 is 0 Å². The van der Waals surface area contributed by atoms with E-state index in [2.05, 4.69) is 37.8 Å². The van der Waals surface area contributed by atoms with Crippen LogP contribution in [0.2, 0.25) is 0 Å². The molecule has 0 aliphatic carbocycles. The maximum Gasteiger partial charge on any atom is 0.0991 e. The second kappa shape index (κ2) is 5.54. The Morgan fingerprint density at radius 1 is 1.33 bits per heavy atom. The smallest absolute Gasteiger partial charge is 0.0991 e. The molecule has 1 aromatic rings. The molecule has 96 valence electrons. The van der Waals surface area contributed by atoms with Crippen LogP contribution in [0.5, 0.6) is 0 Å². The monoisotopic (exact) mass is 242 g/mol. The third-order valence-corrected chi connectivity index (χ3v) is 4.09. The van der Waals surface area contributed by atoms with Gasteiger partial charge in [0, 0.05) is 19.1 Å². The SMILES string of the molecule is Cc1cc(C#N)ccc1CN1CC(C)CCC1C. The van der Waals surface area contributed by atoms with Crippen molar-refractivity contribution >= 4 is 0 Å². The Labute approximate surface area is 110 Å². The van der Waals surface area contributed by atoms with Crippen molar-refractivity contribution in [2.24, 2.45) is 5.92 Å². The first-order valence-corrected chi connectivity index (χ1v) is 6.84. The number of hydrogen-bond acceptors (Lipinski definition) is 2. The molecule has 0 radical (unpaired) electrons. The summed E-state index contributed by atoms with van der Waals surface area (Å²) in [6.45, 7) is 8.98. The van der Waals surface area contributed by atoms with E-state index in [0.29, 0.717) is 6.04 Å². The van der Waals surface area contributed by atoms with Crippen LogP contribution in [0.25, 0.3) is 0 Å². The van der Waals surface area contributed by atoms with Crippen LogP contribution in [0.1, 0.15) is 43.4 Å². The van der Waals surface area contributed by atoms with Crippen molar-refractivity contribution in [2.45, 2.75) is 46.2 Å². The molecule has 2 nitrogen and oxygen atoms in total. The normalized spacial score (nSPS) is 24.8. The van der Waals surface area contributed by atoms with E-state index in [1.54, 1.807) is 0 Å². The van der Waals surface area contributed by atoms with Crippen LogP contribution < -0.4 is 0 Å². The Hall–Kier alpha value is -1.33. The molecule has 0 saturated carbocycles. The third kappa shape index (κ3) is 2.91. The highest BCUT2D eigenvalue weighted by atomic mass is 15.2. The molecule has 2 unspecified atom stereocenters. The number of benzene rings is 1. The highest BCUT2D eigenvalue weighted by molar-refractivity contribution is 5.37. The molecule has 1 fully saturated rings. The molecular formula is C16H22N2. The Morgan fingerprint density at radius 2 is 2.11 bits per heavy atom. The van der Waals surface area contributed by atoms with Crippen molar-refractivity contribution in [3.63, 3.8) is 0 Å². The van der Waals surface area contributed by atoms with Crippen molar-refractivity contribution in [1.29, 1.82) is 5.26 Å². The van der Waals surface area contributed by atoms with Gasteiger partial charge >= 0.3 is 0 Å². The zero-order valence-electron chi connectivity index (χ0n) is 11.6. The fourth-order valence-corrected chi connectivity index (χ4v) is 2.76. The minimum Gasteiger partial charge on any atom is -0.296 e. The van der Waals surface area contributed by atoms with E-state index in [1.165, 1.54) is 30.5 Å². The van der Waals surface area contributed by atoms with Gasteiger partial charge in [0.05, 0.1) is 11.6 Å². The fraction of sp³-hybridized carbons (Fsp3) is 0.562. The largest absolute Gasteiger partial charge is 0.296 e. The van der Waals surface area contributed by atoms with Crippen molar-refractivity contribution in [1.82, 2.24) is 4.90 Å². The van der Waals surface area contributed by atoms with Crippen LogP contribution in [0.15, 0.2) is 18.2 Å². The van der Waals surface area contributed by atoms with Crippen molar-refractivity contribution in [3.8, 4) is 6.07 Å². The lowest BCUT2D eigenvalue weighted by atomic mass is 9.94. The van der Waals surface area contributed by atoms with Gasteiger partial charge in [-0.1, -0.05) is 13.0 Å². The molecule has 2 heteroatoms. The predicted octanol–water partition coefficient (Wildman–Crippen LogP) is 3.49. The molecule has 0 aromatic heterocycles. The number of nitriles is 1. The van der Waals surface area contributed by atoms with Crippen LogP contribution >= 0.6 is 0 Å². The Bertz CT molecular complexity index is 459. The van der Waals surface area contributed by atoms with Gasteiger partial charge in [0.2, 0.25) is 0 Å². The van der Waals surface area contributed by atoms with Crippen LogP contribution in [-0.4, -0.2) is 17.5 Å². The first-order valence-electron chi connectivity index (χ1n) is 6.84. The molecule has 1 aliphatic rings. The highest BCUT2D eigenvalue weighted by Crippen LogP contribution is 2.24. The highest BCUT2D eigenvalue weighted by Gasteiger charge is 2.23. The Balaban J connectivity index is 2.11. The quantitative estimate of drug-likeness (QED) is 0.793. The minimum atomic E-state index is 0.677. The van der Waals surface area contributed by atoms with Gasteiger partial charge in [-0.2, -0.15) is 5.26 Å².